The number of aliphatic hydroxyl groups is 3. The molecule has 4 atom stereocenters. The second kappa shape index (κ2) is 7.62. The van der Waals surface area contributed by atoms with Crippen LogP contribution in [0.1, 0.15) is 20.3 Å². The van der Waals surface area contributed by atoms with E-state index < -0.39 is 18.3 Å². The molecule has 18 heavy (non-hydrogen) atoms. The molecule has 0 spiro atoms. The van der Waals surface area contributed by atoms with E-state index in [4.69, 9.17) is 22.1 Å². The van der Waals surface area contributed by atoms with Gasteiger partial charge in [0.05, 0.1) is 12.7 Å². The molecule has 0 aromatic heterocycles. The van der Waals surface area contributed by atoms with Gasteiger partial charge in [0.2, 0.25) is 0 Å². The molecule has 0 radical (unpaired) electrons. The quantitative estimate of drug-likeness (QED) is 0.639. The highest BCUT2D eigenvalue weighted by Crippen LogP contribution is 2.29. The molecule has 5 nitrogen and oxygen atoms in total. The lowest BCUT2D eigenvalue weighted by Crippen LogP contribution is -2.49. The number of hydrogen-bond donors (Lipinski definition) is 3. The SMILES string of the molecule is CCN(CC)C(=S)SC1CC(O)C(O)C(CO)O1. The Kier molecular flexibility index (Phi) is 6.83. The van der Waals surface area contributed by atoms with Crippen LogP contribution in [0.15, 0.2) is 0 Å². The van der Waals surface area contributed by atoms with Crippen LogP contribution in [-0.2, 0) is 4.74 Å². The van der Waals surface area contributed by atoms with Crippen molar-refractivity contribution < 1.29 is 20.1 Å². The van der Waals surface area contributed by atoms with Crippen molar-refractivity contribution in [2.24, 2.45) is 0 Å². The molecular weight excluding hydrogens is 274 g/mol. The number of thiocarbonyl (C=S) groups is 1. The van der Waals surface area contributed by atoms with Crippen molar-refractivity contribution in [3.05, 3.63) is 0 Å². The minimum absolute atomic E-state index is 0.309. The molecule has 0 aromatic rings. The van der Waals surface area contributed by atoms with Gasteiger partial charge in [-0.25, -0.2) is 0 Å². The largest absolute Gasteiger partial charge is 0.394 e. The normalized spacial score (nSPS) is 32.3. The van der Waals surface area contributed by atoms with Gasteiger partial charge < -0.3 is 25.0 Å². The van der Waals surface area contributed by atoms with Crippen LogP contribution < -0.4 is 0 Å². The third-order valence-corrected chi connectivity index (χ3v) is 4.54. The van der Waals surface area contributed by atoms with Crippen LogP contribution >= 0.6 is 24.0 Å². The van der Waals surface area contributed by atoms with Crippen LogP contribution in [-0.4, -0.2) is 68.0 Å². The lowest BCUT2D eigenvalue weighted by atomic mass is 10.0. The molecule has 0 amide bonds. The van der Waals surface area contributed by atoms with Gasteiger partial charge in [-0.2, -0.15) is 0 Å². The van der Waals surface area contributed by atoms with Gasteiger partial charge >= 0.3 is 0 Å². The van der Waals surface area contributed by atoms with E-state index in [0.717, 1.165) is 13.1 Å². The Morgan fingerprint density at radius 1 is 1.39 bits per heavy atom. The summed E-state index contributed by atoms with van der Waals surface area (Å²) in [6.45, 7) is 5.38. The summed E-state index contributed by atoms with van der Waals surface area (Å²) in [6, 6.07) is 0. The fraction of sp³-hybridized carbons (Fsp3) is 0.909. The predicted octanol–water partition coefficient (Wildman–Crippen LogP) is 0.175. The molecular formula is C11H21NO4S2. The fourth-order valence-electron chi connectivity index (χ4n) is 1.81. The van der Waals surface area contributed by atoms with Crippen molar-refractivity contribution in [1.82, 2.24) is 4.90 Å². The molecule has 0 bridgehead atoms. The topological polar surface area (TPSA) is 73.2 Å². The molecule has 1 heterocycles. The molecule has 106 valence electrons. The highest BCUT2D eigenvalue weighted by molar-refractivity contribution is 8.23. The summed E-state index contributed by atoms with van der Waals surface area (Å²) in [5, 5.41) is 28.4. The first-order chi connectivity index (χ1) is 8.53. The average molecular weight is 295 g/mol. The predicted molar refractivity (Wildman–Crippen MR) is 75.5 cm³/mol. The van der Waals surface area contributed by atoms with E-state index in [-0.39, 0.29) is 12.0 Å². The zero-order valence-electron chi connectivity index (χ0n) is 10.7. The molecule has 0 aliphatic carbocycles. The smallest absolute Gasteiger partial charge is 0.138 e. The van der Waals surface area contributed by atoms with E-state index in [0.29, 0.717) is 10.7 Å². The van der Waals surface area contributed by atoms with E-state index in [1.807, 2.05) is 18.7 Å². The van der Waals surface area contributed by atoms with Crippen LogP contribution in [0, 0.1) is 0 Å². The molecule has 0 saturated carbocycles. The highest BCUT2D eigenvalue weighted by atomic mass is 32.2. The second-order valence-electron chi connectivity index (χ2n) is 4.14. The van der Waals surface area contributed by atoms with Crippen molar-refractivity contribution in [1.29, 1.82) is 0 Å². The van der Waals surface area contributed by atoms with Gasteiger partial charge in [-0.15, -0.1) is 0 Å². The van der Waals surface area contributed by atoms with Gasteiger partial charge in [-0.1, -0.05) is 24.0 Å². The van der Waals surface area contributed by atoms with Gasteiger partial charge in [0, 0.05) is 19.5 Å². The molecule has 1 aliphatic heterocycles. The average Bonchev–Trinajstić information content (AvgIpc) is 2.35. The summed E-state index contributed by atoms with van der Waals surface area (Å²) in [5.74, 6) is 0. The minimum atomic E-state index is -1.03. The first-order valence-corrected chi connectivity index (χ1v) is 7.40. The molecule has 1 saturated heterocycles. The van der Waals surface area contributed by atoms with Crippen LogP contribution in [0.3, 0.4) is 0 Å². The van der Waals surface area contributed by atoms with Crippen molar-refractivity contribution in [2.45, 2.75) is 44.0 Å². The van der Waals surface area contributed by atoms with Crippen molar-refractivity contribution in [2.75, 3.05) is 19.7 Å². The molecule has 0 aromatic carbocycles. The Morgan fingerprint density at radius 2 is 2.00 bits per heavy atom. The third-order valence-electron chi connectivity index (χ3n) is 2.97. The Morgan fingerprint density at radius 3 is 2.50 bits per heavy atom. The van der Waals surface area contributed by atoms with Crippen LogP contribution in [0.4, 0.5) is 0 Å². The monoisotopic (exact) mass is 295 g/mol. The Balaban J connectivity index is 2.55. The zero-order chi connectivity index (χ0) is 13.7. The highest BCUT2D eigenvalue weighted by Gasteiger charge is 2.37. The van der Waals surface area contributed by atoms with Gasteiger partial charge in [0.1, 0.15) is 22.0 Å². The first-order valence-electron chi connectivity index (χ1n) is 6.11. The molecule has 3 N–H and O–H groups in total. The van der Waals surface area contributed by atoms with Crippen molar-refractivity contribution in [3.8, 4) is 0 Å². The maximum atomic E-state index is 9.70. The van der Waals surface area contributed by atoms with Gasteiger partial charge in [-0.05, 0) is 13.8 Å². The zero-order valence-corrected chi connectivity index (χ0v) is 12.3. The number of thioether (sulfide) groups is 1. The molecule has 1 aliphatic rings. The molecule has 4 unspecified atom stereocenters. The second-order valence-corrected chi connectivity index (χ2v) is 5.93. The molecule has 1 rings (SSSR count). The van der Waals surface area contributed by atoms with Crippen molar-refractivity contribution in [3.63, 3.8) is 0 Å². The summed E-state index contributed by atoms with van der Waals surface area (Å²) in [7, 11) is 0. The summed E-state index contributed by atoms with van der Waals surface area (Å²) >= 11 is 6.66. The molecule has 1 fully saturated rings. The lowest BCUT2D eigenvalue weighted by molar-refractivity contribution is -0.156. The maximum Gasteiger partial charge on any atom is 0.138 e. The standard InChI is InChI=1S/C11H21NO4S2/c1-3-12(4-2)11(17)18-9-5-7(14)10(15)8(6-13)16-9/h7-10,13-15H,3-6H2,1-2H3. The van der Waals surface area contributed by atoms with Gasteiger partial charge in [0.25, 0.3) is 0 Å². The van der Waals surface area contributed by atoms with Gasteiger partial charge in [0.15, 0.2) is 0 Å². The Bertz CT molecular complexity index is 276. The summed E-state index contributed by atoms with van der Waals surface area (Å²) in [6.07, 6.45) is -2.35. The van der Waals surface area contributed by atoms with Crippen LogP contribution in [0.25, 0.3) is 0 Å². The number of ether oxygens (including phenoxy) is 1. The van der Waals surface area contributed by atoms with Crippen LogP contribution in [0.2, 0.25) is 0 Å². The number of nitrogens with zero attached hydrogens (tertiary/aromatic N) is 1. The summed E-state index contributed by atoms with van der Waals surface area (Å²) in [4.78, 5) is 2.02. The van der Waals surface area contributed by atoms with E-state index in [2.05, 4.69) is 0 Å². The maximum absolute atomic E-state index is 9.70. The lowest BCUT2D eigenvalue weighted by Gasteiger charge is -2.36. The Labute approximate surface area is 117 Å². The summed E-state index contributed by atoms with van der Waals surface area (Å²) in [5.41, 5.74) is -0.325. The van der Waals surface area contributed by atoms with E-state index in [1.54, 1.807) is 0 Å². The van der Waals surface area contributed by atoms with E-state index in [1.165, 1.54) is 11.8 Å². The molecule has 7 heteroatoms. The number of aliphatic hydroxyl groups excluding tert-OH is 3. The number of rotatable bonds is 4. The van der Waals surface area contributed by atoms with Crippen molar-refractivity contribution >= 4 is 28.3 Å². The third kappa shape index (κ3) is 4.04. The fourth-order valence-corrected chi connectivity index (χ4v) is 3.52. The Hall–Kier alpha value is 0.0800. The van der Waals surface area contributed by atoms with Crippen LogP contribution in [0.5, 0.6) is 0 Å². The minimum Gasteiger partial charge on any atom is -0.394 e. The van der Waals surface area contributed by atoms with E-state index >= 15 is 0 Å². The van der Waals surface area contributed by atoms with E-state index in [9.17, 15) is 10.2 Å². The summed E-state index contributed by atoms with van der Waals surface area (Å²) < 4.78 is 6.23. The number of hydrogen-bond acceptors (Lipinski definition) is 6. The first kappa shape index (κ1) is 16.1. The van der Waals surface area contributed by atoms with Gasteiger partial charge in [-0.3, -0.25) is 0 Å².